The van der Waals surface area contributed by atoms with Crippen LogP contribution in [0.4, 0.5) is 10.5 Å². The molecule has 0 saturated carbocycles. The standard InChI is InChI=1S/C10H13BN2O/c1-12-9-4-2-8(3-5-9)6-7-13-10(11)14/h2-5,12H,6-7H2,1H3,(H,13,14). The number of rotatable bonds is 4. The molecule has 0 unspecified atom stereocenters. The van der Waals surface area contributed by atoms with Gasteiger partial charge in [0.25, 0.3) is 0 Å². The van der Waals surface area contributed by atoms with Gasteiger partial charge in [-0.1, -0.05) is 12.1 Å². The van der Waals surface area contributed by atoms with Gasteiger partial charge in [0.1, 0.15) is 0 Å². The highest BCUT2D eigenvalue weighted by atomic mass is 16.1. The normalized spacial score (nSPS) is 9.50. The van der Waals surface area contributed by atoms with Gasteiger partial charge in [-0.3, -0.25) is 4.79 Å². The average molecular weight is 188 g/mol. The molecule has 0 heterocycles. The lowest BCUT2D eigenvalue weighted by molar-refractivity contribution is 0.259. The fourth-order valence-corrected chi connectivity index (χ4v) is 1.17. The second-order valence-electron chi connectivity index (χ2n) is 2.99. The highest BCUT2D eigenvalue weighted by Crippen LogP contribution is 2.08. The largest absolute Gasteiger partial charge is 0.388 e. The number of hydrogen-bond donors (Lipinski definition) is 2. The summed E-state index contributed by atoms with van der Waals surface area (Å²) in [6, 6.07) is 8.04. The molecule has 1 amide bonds. The van der Waals surface area contributed by atoms with Crippen molar-refractivity contribution in [1.82, 2.24) is 5.32 Å². The first-order chi connectivity index (χ1) is 6.72. The van der Waals surface area contributed by atoms with Crippen LogP contribution < -0.4 is 10.6 Å². The fourth-order valence-electron chi connectivity index (χ4n) is 1.17. The molecule has 2 radical (unpaired) electrons. The molecule has 2 N–H and O–H groups in total. The van der Waals surface area contributed by atoms with E-state index in [9.17, 15) is 4.79 Å². The zero-order valence-corrected chi connectivity index (χ0v) is 8.21. The molecule has 1 aromatic rings. The molecule has 1 rings (SSSR count). The summed E-state index contributed by atoms with van der Waals surface area (Å²) in [5.41, 5.74) is 2.26. The molecule has 0 aliphatic heterocycles. The first-order valence-corrected chi connectivity index (χ1v) is 4.52. The van der Waals surface area contributed by atoms with Crippen LogP contribution in [0.3, 0.4) is 0 Å². The Morgan fingerprint density at radius 3 is 2.50 bits per heavy atom. The minimum Gasteiger partial charge on any atom is -0.388 e. The van der Waals surface area contributed by atoms with Gasteiger partial charge in [-0.25, -0.2) is 0 Å². The third kappa shape index (κ3) is 3.52. The van der Waals surface area contributed by atoms with E-state index in [0.717, 1.165) is 12.1 Å². The van der Waals surface area contributed by atoms with E-state index in [0.29, 0.717) is 6.54 Å². The molecule has 0 aliphatic carbocycles. The monoisotopic (exact) mass is 188 g/mol. The third-order valence-electron chi connectivity index (χ3n) is 1.96. The average Bonchev–Trinajstić information content (AvgIpc) is 2.18. The summed E-state index contributed by atoms with van der Waals surface area (Å²) in [7, 11) is 6.82. The van der Waals surface area contributed by atoms with Crippen molar-refractivity contribution in [3.8, 4) is 0 Å². The van der Waals surface area contributed by atoms with E-state index >= 15 is 0 Å². The maximum atomic E-state index is 10.4. The molecule has 0 aromatic heterocycles. The van der Waals surface area contributed by atoms with Gasteiger partial charge >= 0.3 is 0 Å². The number of carbonyl (C=O) groups is 1. The summed E-state index contributed by atoms with van der Waals surface area (Å²) >= 11 is 0. The summed E-state index contributed by atoms with van der Waals surface area (Å²) in [5, 5.41) is 5.58. The molecule has 14 heavy (non-hydrogen) atoms. The Balaban J connectivity index is 2.40. The molecule has 3 nitrogen and oxygen atoms in total. The van der Waals surface area contributed by atoms with Crippen molar-refractivity contribution in [2.24, 2.45) is 0 Å². The van der Waals surface area contributed by atoms with Gasteiger partial charge < -0.3 is 10.6 Å². The molecule has 0 fully saturated rings. The molecular formula is C10H13BN2O. The number of amides is 1. The van der Waals surface area contributed by atoms with Gasteiger partial charge in [0.2, 0.25) is 0 Å². The number of hydrogen-bond acceptors (Lipinski definition) is 2. The predicted molar refractivity (Wildman–Crippen MR) is 58.8 cm³/mol. The Morgan fingerprint density at radius 1 is 1.36 bits per heavy atom. The molecular weight excluding hydrogens is 175 g/mol. The van der Waals surface area contributed by atoms with Crippen LogP contribution in [0.5, 0.6) is 0 Å². The van der Waals surface area contributed by atoms with E-state index in [1.54, 1.807) is 0 Å². The van der Waals surface area contributed by atoms with E-state index in [1.165, 1.54) is 5.56 Å². The van der Waals surface area contributed by atoms with Crippen LogP contribution in [0.25, 0.3) is 0 Å². The number of nitrogens with one attached hydrogen (secondary N) is 2. The predicted octanol–water partition coefficient (Wildman–Crippen LogP) is 1.15. The van der Waals surface area contributed by atoms with Crippen molar-refractivity contribution in [3.05, 3.63) is 29.8 Å². The smallest absolute Gasteiger partial charge is 0.200 e. The van der Waals surface area contributed by atoms with Crippen LogP contribution in [-0.2, 0) is 6.42 Å². The van der Waals surface area contributed by atoms with Crippen LogP contribution in [-0.4, -0.2) is 27.2 Å². The zero-order valence-electron chi connectivity index (χ0n) is 8.21. The Bertz CT molecular complexity index is 297. The summed E-state index contributed by atoms with van der Waals surface area (Å²) < 4.78 is 0. The first-order valence-electron chi connectivity index (χ1n) is 4.52. The van der Waals surface area contributed by atoms with E-state index in [4.69, 9.17) is 7.85 Å². The summed E-state index contributed by atoms with van der Waals surface area (Å²) in [4.78, 5) is 10.4. The van der Waals surface area contributed by atoms with Crippen molar-refractivity contribution in [2.45, 2.75) is 6.42 Å². The lowest BCUT2D eigenvalue weighted by Gasteiger charge is -2.04. The van der Waals surface area contributed by atoms with Gasteiger partial charge in [0.05, 0.1) is 0 Å². The number of benzene rings is 1. The summed E-state index contributed by atoms with van der Waals surface area (Å²) in [5.74, 6) is -0.475. The molecule has 0 atom stereocenters. The van der Waals surface area contributed by atoms with Crippen molar-refractivity contribution in [2.75, 3.05) is 18.9 Å². The molecule has 1 aromatic carbocycles. The lowest BCUT2D eigenvalue weighted by atomic mass is 10.1. The van der Waals surface area contributed by atoms with Gasteiger partial charge in [-0.15, -0.1) is 0 Å². The second-order valence-corrected chi connectivity index (χ2v) is 2.99. The van der Waals surface area contributed by atoms with Crippen molar-refractivity contribution in [3.63, 3.8) is 0 Å². The van der Waals surface area contributed by atoms with Crippen LogP contribution in [0.1, 0.15) is 5.56 Å². The number of carbonyl (C=O) groups excluding carboxylic acids is 1. The molecule has 4 heteroatoms. The van der Waals surface area contributed by atoms with Crippen LogP contribution in [0.15, 0.2) is 24.3 Å². The third-order valence-corrected chi connectivity index (χ3v) is 1.96. The van der Waals surface area contributed by atoms with E-state index < -0.39 is 5.81 Å². The van der Waals surface area contributed by atoms with E-state index in [2.05, 4.69) is 10.6 Å². The fraction of sp³-hybridized carbons (Fsp3) is 0.300. The SMILES string of the molecule is [B]C(=O)NCCc1ccc(NC)cc1. The molecule has 0 saturated heterocycles. The quantitative estimate of drug-likeness (QED) is 0.695. The maximum absolute atomic E-state index is 10.4. The molecule has 0 bridgehead atoms. The Morgan fingerprint density at radius 2 is 2.00 bits per heavy atom. The van der Waals surface area contributed by atoms with Crippen LogP contribution in [0, 0.1) is 0 Å². The van der Waals surface area contributed by atoms with Crippen molar-refractivity contribution < 1.29 is 4.79 Å². The van der Waals surface area contributed by atoms with Crippen LogP contribution >= 0.6 is 0 Å². The lowest BCUT2D eigenvalue weighted by Crippen LogP contribution is -2.23. The molecule has 0 aliphatic rings. The minimum absolute atomic E-state index is 0.475. The topological polar surface area (TPSA) is 41.1 Å². The second kappa shape index (κ2) is 5.32. The highest BCUT2D eigenvalue weighted by molar-refractivity contribution is 6.57. The number of anilines is 1. The van der Waals surface area contributed by atoms with Gasteiger partial charge in [0, 0.05) is 19.3 Å². The van der Waals surface area contributed by atoms with Crippen molar-refractivity contribution >= 4 is 19.3 Å². The Kier molecular flexibility index (Phi) is 4.04. The van der Waals surface area contributed by atoms with Gasteiger partial charge in [-0.05, 0) is 24.1 Å². The maximum Gasteiger partial charge on any atom is 0.200 e. The van der Waals surface area contributed by atoms with E-state index in [1.807, 2.05) is 31.3 Å². The Labute approximate surface area is 85.3 Å². The van der Waals surface area contributed by atoms with Gasteiger partial charge in [-0.2, -0.15) is 0 Å². The summed E-state index contributed by atoms with van der Waals surface area (Å²) in [6.45, 7) is 0.578. The Hall–Kier alpha value is -1.45. The van der Waals surface area contributed by atoms with Gasteiger partial charge in [0.15, 0.2) is 13.7 Å². The van der Waals surface area contributed by atoms with E-state index in [-0.39, 0.29) is 0 Å². The minimum atomic E-state index is -0.475. The summed E-state index contributed by atoms with van der Waals surface area (Å²) in [6.07, 6.45) is 0.799. The van der Waals surface area contributed by atoms with Crippen LogP contribution in [0.2, 0.25) is 0 Å². The highest BCUT2D eigenvalue weighted by Gasteiger charge is 1.94. The molecule has 72 valence electrons. The zero-order chi connectivity index (χ0) is 10.4. The molecule has 0 spiro atoms. The van der Waals surface area contributed by atoms with Crippen molar-refractivity contribution in [1.29, 1.82) is 0 Å². The first kappa shape index (κ1) is 10.6.